The highest BCUT2D eigenvalue weighted by molar-refractivity contribution is 7.47. The number of unbranched alkanes of at least 4 members (excludes halogenated alkanes) is 29. The summed E-state index contributed by atoms with van der Waals surface area (Å²) in [5, 5.41) is 0. The van der Waals surface area contributed by atoms with Crippen LogP contribution in [0.1, 0.15) is 296 Å². The Morgan fingerprint density at radius 1 is 0.353 bits per heavy atom. The second kappa shape index (κ2) is 69.3. The standard InChI is InChI=1S/C75H128NO8P/c1-3-5-7-9-11-13-15-17-19-21-23-25-27-29-31-33-35-36-38-40-42-44-46-48-50-52-54-56-58-60-62-64-66-68-75(78)84-73(72-83-85(79,80)82-70-69-76)71-81-74(77)67-65-63-61-59-57-55-53-51-49-47-45-43-41-39-37-34-32-30-28-26-24-22-20-18-16-14-12-10-8-6-4-2/h5-8,11-14,17-20,23-26,29-32,35-36,73H,3-4,9-10,15-16,21-22,27-28,33-34,37-72,76H2,1-2H3,(H,79,80)/b7-5-,8-6-,13-11-,14-12-,19-17-,20-18-,25-23-,26-24-,31-29-,32-30-,36-35-. The SMILES string of the molecule is CC/C=C\C/C=C\C/C=C\C/C=C\C/C=C\C/C=C\CCCCCCCCCCCCCCCCC(=O)OC(COC(=O)CCCCCCCCCCCCCCCCC/C=C\C/C=C\C/C=C\C/C=C\C/C=C\CC)COP(=O)(O)OCCN. The van der Waals surface area contributed by atoms with Gasteiger partial charge in [0.25, 0.3) is 0 Å². The molecule has 3 N–H and O–H groups in total. The van der Waals surface area contributed by atoms with E-state index < -0.39 is 26.5 Å². The largest absolute Gasteiger partial charge is 0.472 e. The number of carbonyl (C=O) groups excluding carboxylic acids is 2. The summed E-state index contributed by atoms with van der Waals surface area (Å²) in [7, 11) is -4.40. The molecule has 0 spiro atoms. The lowest BCUT2D eigenvalue weighted by Gasteiger charge is -2.19. The first-order valence-corrected chi connectivity index (χ1v) is 36.2. The van der Waals surface area contributed by atoms with Gasteiger partial charge in [-0.15, -0.1) is 0 Å². The highest BCUT2D eigenvalue weighted by Crippen LogP contribution is 2.43. The zero-order valence-corrected chi connectivity index (χ0v) is 55.4. The molecule has 0 fully saturated rings. The molecule has 0 saturated heterocycles. The van der Waals surface area contributed by atoms with Crippen molar-refractivity contribution in [3.63, 3.8) is 0 Å². The average Bonchev–Trinajstić information content (AvgIpc) is 3.52. The summed E-state index contributed by atoms with van der Waals surface area (Å²) >= 11 is 0. The quantitative estimate of drug-likeness (QED) is 0.0264. The van der Waals surface area contributed by atoms with Gasteiger partial charge in [0.2, 0.25) is 0 Å². The molecule has 0 aliphatic heterocycles. The summed E-state index contributed by atoms with van der Waals surface area (Å²) < 4.78 is 33.2. The lowest BCUT2D eigenvalue weighted by molar-refractivity contribution is -0.161. The number of nitrogens with two attached hydrogens (primary N) is 1. The van der Waals surface area contributed by atoms with Gasteiger partial charge in [-0.3, -0.25) is 18.6 Å². The number of rotatable bonds is 64. The van der Waals surface area contributed by atoms with Gasteiger partial charge in [-0.2, -0.15) is 0 Å². The molecule has 2 unspecified atom stereocenters. The van der Waals surface area contributed by atoms with Crippen molar-refractivity contribution in [3.05, 3.63) is 134 Å². The van der Waals surface area contributed by atoms with Crippen molar-refractivity contribution < 1.29 is 37.6 Å². The van der Waals surface area contributed by atoms with E-state index in [0.29, 0.717) is 6.42 Å². The first-order chi connectivity index (χ1) is 41.8. The minimum Gasteiger partial charge on any atom is -0.462 e. The number of esters is 2. The van der Waals surface area contributed by atoms with Crippen molar-refractivity contribution in [2.24, 2.45) is 5.73 Å². The van der Waals surface area contributed by atoms with Gasteiger partial charge in [-0.05, 0) is 109 Å². The van der Waals surface area contributed by atoms with Gasteiger partial charge in [0.05, 0.1) is 13.2 Å². The molecule has 486 valence electrons. The van der Waals surface area contributed by atoms with E-state index in [2.05, 4.69) is 148 Å². The van der Waals surface area contributed by atoms with Crippen LogP contribution in [0.25, 0.3) is 0 Å². The first-order valence-electron chi connectivity index (χ1n) is 34.7. The van der Waals surface area contributed by atoms with Crippen LogP contribution in [0.5, 0.6) is 0 Å². The van der Waals surface area contributed by atoms with Crippen LogP contribution in [0.15, 0.2) is 134 Å². The Morgan fingerprint density at radius 3 is 0.906 bits per heavy atom. The molecule has 9 nitrogen and oxygen atoms in total. The van der Waals surface area contributed by atoms with Crippen molar-refractivity contribution in [1.29, 1.82) is 0 Å². The van der Waals surface area contributed by atoms with Gasteiger partial charge in [0.1, 0.15) is 6.61 Å². The fourth-order valence-electron chi connectivity index (χ4n) is 9.49. The molecule has 85 heavy (non-hydrogen) atoms. The van der Waals surface area contributed by atoms with E-state index in [1.165, 1.54) is 154 Å². The first kappa shape index (κ1) is 81.2. The van der Waals surface area contributed by atoms with Crippen LogP contribution in [0.3, 0.4) is 0 Å². The van der Waals surface area contributed by atoms with Crippen LogP contribution in [0.4, 0.5) is 0 Å². The number of phosphoric acid groups is 1. The summed E-state index contributed by atoms with van der Waals surface area (Å²) in [6, 6.07) is 0. The smallest absolute Gasteiger partial charge is 0.462 e. The summed E-state index contributed by atoms with van der Waals surface area (Å²) in [6.07, 6.45) is 98.2. The minimum absolute atomic E-state index is 0.0490. The van der Waals surface area contributed by atoms with Gasteiger partial charge in [0.15, 0.2) is 6.10 Å². The molecule has 10 heteroatoms. The number of hydrogen-bond acceptors (Lipinski definition) is 8. The van der Waals surface area contributed by atoms with E-state index >= 15 is 0 Å². The molecular weight excluding hydrogens is 1070 g/mol. The molecule has 0 heterocycles. The molecular formula is C75H128NO8P. The van der Waals surface area contributed by atoms with Crippen molar-refractivity contribution in [2.45, 2.75) is 302 Å². The molecule has 0 amide bonds. The van der Waals surface area contributed by atoms with E-state index in [0.717, 1.165) is 109 Å². The second-order valence-corrected chi connectivity index (χ2v) is 24.1. The third-order valence-electron chi connectivity index (χ3n) is 14.5. The summed E-state index contributed by atoms with van der Waals surface area (Å²) in [5.74, 6) is -0.826. The van der Waals surface area contributed by atoms with E-state index in [1.807, 2.05) is 0 Å². The molecule has 0 aliphatic carbocycles. The third kappa shape index (κ3) is 69.1. The van der Waals surface area contributed by atoms with Crippen LogP contribution in [-0.4, -0.2) is 49.3 Å². The number of phosphoric ester groups is 1. The molecule has 0 rings (SSSR count). The van der Waals surface area contributed by atoms with E-state index in [4.69, 9.17) is 24.3 Å². The van der Waals surface area contributed by atoms with E-state index in [-0.39, 0.29) is 38.6 Å². The van der Waals surface area contributed by atoms with Gasteiger partial charge < -0.3 is 20.1 Å². The topological polar surface area (TPSA) is 134 Å². The minimum atomic E-state index is -4.40. The lowest BCUT2D eigenvalue weighted by Crippen LogP contribution is -2.29. The van der Waals surface area contributed by atoms with Gasteiger partial charge >= 0.3 is 19.8 Å². The Morgan fingerprint density at radius 2 is 0.612 bits per heavy atom. The summed E-state index contributed by atoms with van der Waals surface area (Å²) in [4.78, 5) is 35.4. The van der Waals surface area contributed by atoms with Crippen molar-refractivity contribution >= 4 is 19.8 Å². The molecule has 0 radical (unpaired) electrons. The average molecular weight is 1200 g/mol. The van der Waals surface area contributed by atoms with Crippen molar-refractivity contribution in [2.75, 3.05) is 26.4 Å². The molecule has 0 aliphatic rings. The van der Waals surface area contributed by atoms with E-state index in [9.17, 15) is 19.0 Å². The Bertz CT molecular complexity index is 1860. The van der Waals surface area contributed by atoms with Gasteiger partial charge in [0, 0.05) is 19.4 Å². The maximum Gasteiger partial charge on any atom is 0.472 e. The van der Waals surface area contributed by atoms with Crippen molar-refractivity contribution in [3.8, 4) is 0 Å². The molecule has 0 aromatic heterocycles. The van der Waals surface area contributed by atoms with Crippen LogP contribution >= 0.6 is 7.82 Å². The number of allylic oxidation sites excluding steroid dienone is 22. The van der Waals surface area contributed by atoms with E-state index in [1.54, 1.807) is 0 Å². The summed E-state index contributed by atoms with van der Waals surface area (Å²) in [5.41, 5.74) is 5.40. The van der Waals surface area contributed by atoms with Gasteiger partial charge in [-0.25, -0.2) is 4.57 Å². The number of carbonyl (C=O) groups is 2. The normalized spacial score (nSPS) is 13.8. The number of hydrogen-bond donors (Lipinski definition) is 2. The molecule has 0 aromatic carbocycles. The maximum absolute atomic E-state index is 12.8. The predicted octanol–water partition coefficient (Wildman–Crippen LogP) is 22.9. The third-order valence-corrected chi connectivity index (χ3v) is 15.5. The Labute approximate surface area is 523 Å². The highest BCUT2D eigenvalue weighted by atomic mass is 31.2. The van der Waals surface area contributed by atoms with Gasteiger partial charge in [-0.1, -0.05) is 308 Å². The second-order valence-electron chi connectivity index (χ2n) is 22.6. The maximum atomic E-state index is 12.8. The monoisotopic (exact) mass is 1200 g/mol. The zero-order valence-electron chi connectivity index (χ0n) is 54.5. The lowest BCUT2D eigenvalue weighted by atomic mass is 10.0. The predicted molar refractivity (Wildman–Crippen MR) is 367 cm³/mol. The highest BCUT2D eigenvalue weighted by Gasteiger charge is 2.26. The zero-order chi connectivity index (χ0) is 61.6. The van der Waals surface area contributed by atoms with Crippen LogP contribution < -0.4 is 5.73 Å². The Hall–Kier alpha value is -3.85. The van der Waals surface area contributed by atoms with Crippen LogP contribution in [-0.2, 0) is 32.7 Å². The molecule has 2 atom stereocenters. The molecule has 0 bridgehead atoms. The Kier molecular flexibility index (Phi) is 66.1. The summed E-state index contributed by atoms with van der Waals surface area (Å²) in [6.45, 7) is 3.54. The molecule has 0 saturated carbocycles. The fourth-order valence-corrected chi connectivity index (χ4v) is 10.3. The Balaban J connectivity index is 3.90. The van der Waals surface area contributed by atoms with Crippen LogP contribution in [0.2, 0.25) is 0 Å². The van der Waals surface area contributed by atoms with Crippen molar-refractivity contribution in [1.82, 2.24) is 0 Å². The number of ether oxygens (including phenoxy) is 2. The molecule has 0 aromatic rings. The fraction of sp³-hybridized carbons (Fsp3) is 0.680. The van der Waals surface area contributed by atoms with Crippen LogP contribution in [0, 0.1) is 0 Å².